The summed E-state index contributed by atoms with van der Waals surface area (Å²) in [7, 11) is 0. The quantitative estimate of drug-likeness (QED) is 0.500. The summed E-state index contributed by atoms with van der Waals surface area (Å²) >= 11 is 3.63. The Morgan fingerprint density at radius 3 is 2.55 bits per heavy atom. The smallest absolute Gasteiger partial charge is 0.202 e. The van der Waals surface area contributed by atoms with E-state index in [1.807, 2.05) is 13.8 Å². The normalized spacial score (nSPS) is 12.4. The molecule has 0 heterocycles. The number of allylic oxidation sites excluding steroid dienone is 2. The number of carbonyl (C=O) groups excluding carboxylic acids is 1. The standard InChI is InChI=1S/C8H15NOS/c1-6(2)4-3-5-7(9)8(10)11/h4,7H,3,5,9H2,1-2H3,(H,10,11). The zero-order chi connectivity index (χ0) is 8.85. The third kappa shape index (κ3) is 6.13. The van der Waals surface area contributed by atoms with Crippen molar-refractivity contribution in [2.24, 2.45) is 5.73 Å². The van der Waals surface area contributed by atoms with Crippen molar-refractivity contribution in [1.82, 2.24) is 0 Å². The van der Waals surface area contributed by atoms with Gasteiger partial charge in [-0.2, -0.15) is 0 Å². The molecule has 11 heavy (non-hydrogen) atoms. The SMILES string of the molecule is CC(C)=CCCC(N)C(=O)S. The highest BCUT2D eigenvalue weighted by atomic mass is 32.1. The van der Waals surface area contributed by atoms with E-state index in [2.05, 4.69) is 18.7 Å². The van der Waals surface area contributed by atoms with Gasteiger partial charge in [-0.25, -0.2) is 0 Å². The number of carbonyl (C=O) groups is 1. The first-order valence-corrected chi connectivity index (χ1v) is 4.10. The van der Waals surface area contributed by atoms with Crippen LogP contribution in [0.15, 0.2) is 11.6 Å². The van der Waals surface area contributed by atoms with Gasteiger partial charge in [-0.05, 0) is 26.7 Å². The van der Waals surface area contributed by atoms with E-state index in [0.29, 0.717) is 6.42 Å². The second-order valence-electron chi connectivity index (χ2n) is 2.80. The fraction of sp³-hybridized carbons (Fsp3) is 0.625. The van der Waals surface area contributed by atoms with E-state index in [1.54, 1.807) is 0 Å². The largest absolute Gasteiger partial charge is 0.321 e. The highest BCUT2D eigenvalue weighted by Crippen LogP contribution is 2.01. The van der Waals surface area contributed by atoms with Gasteiger partial charge >= 0.3 is 0 Å². The van der Waals surface area contributed by atoms with Gasteiger partial charge in [-0.15, -0.1) is 12.6 Å². The van der Waals surface area contributed by atoms with Gasteiger partial charge in [0.15, 0.2) is 0 Å². The van der Waals surface area contributed by atoms with Gasteiger partial charge in [0.05, 0.1) is 6.04 Å². The molecule has 0 bridgehead atoms. The summed E-state index contributed by atoms with van der Waals surface area (Å²) in [6.45, 7) is 4.04. The molecule has 0 saturated carbocycles. The Hall–Kier alpha value is -0.280. The van der Waals surface area contributed by atoms with E-state index in [4.69, 9.17) is 5.73 Å². The van der Waals surface area contributed by atoms with Crippen LogP contribution in [0, 0.1) is 0 Å². The number of nitrogens with two attached hydrogens (primary N) is 1. The molecular weight excluding hydrogens is 158 g/mol. The summed E-state index contributed by atoms with van der Waals surface area (Å²) in [5, 5.41) is -0.229. The Labute approximate surface area is 73.3 Å². The van der Waals surface area contributed by atoms with Crippen molar-refractivity contribution < 1.29 is 4.79 Å². The van der Waals surface area contributed by atoms with Gasteiger partial charge in [-0.1, -0.05) is 11.6 Å². The molecule has 3 heteroatoms. The van der Waals surface area contributed by atoms with Crippen LogP contribution in [0.2, 0.25) is 0 Å². The van der Waals surface area contributed by atoms with E-state index in [0.717, 1.165) is 6.42 Å². The first-order valence-electron chi connectivity index (χ1n) is 3.65. The molecule has 0 aromatic carbocycles. The Morgan fingerprint density at radius 1 is 1.64 bits per heavy atom. The Morgan fingerprint density at radius 2 is 2.18 bits per heavy atom. The molecule has 0 saturated heterocycles. The topological polar surface area (TPSA) is 43.1 Å². The molecule has 2 nitrogen and oxygen atoms in total. The van der Waals surface area contributed by atoms with Crippen molar-refractivity contribution in [1.29, 1.82) is 0 Å². The lowest BCUT2D eigenvalue weighted by molar-refractivity contribution is -0.112. The molecule has 64 valence electrons. The number of thiol groups is 1. The first-order chi connectivity index (χ1) is 5.04. The molecule has 0 radical (unpaired) electrons. The molecule has 0 spiro atoms. The van der Waals surface area contributed by atoms with E-state index in [-0.39, 0.29) is 5.12 Å². The molecule has 0 amide bonds. The summed E-state index contributed by atoms with van der Waals surface area (Å²) in [5.41, 5.74) is 6.70. The summed E-state index contributed by atoms with van der Waals surface area (Å²) in [4.78, 5) is 10.5. The van der Waals surface area contributed by atoms with Gasteiger partial charge in [0.25, 0.3) is 0 Å². The van der Waals surface area contributed by atoms with Gasteiger partial charge in [0.2, 0.25) is 5.12 Å². The van der Waals surface area contributed by atoms with E-state index in [9.17, 15) is 4.79 Å². The predicted molar refractivity (Wildman–Crippen MR) is 50.6 cm³/mol. The van der Waals surface area contributed by atoms with Crippen LogP contribution in [0.1, 0.15) is 26.7 Å². The van der Waals surface area contributed by atoms with Crippen molar-refractivity contribution >= 4 is 17.7 Å². The van der Waals surface area contributed by atoms with Crippen molar-refractivity contribution in [3.63, 3.8) is 0 Å². The van der Waals surface area contributed by atoms with Crippen LogP contribution in [0.25, 0.3) is 0 Å². The van der Waals surface area contributed by atoms with Gasteiger partial charge in [-0.3, -0.25) is 4.79 Å². The minimum absolute atomic E-state index is 0.229. The summed E-state index contributed by atoms with van der Waals surface area (Å²) in [6, 6.07) is -0.408. The molecule has 2 N–H and O–H groups in total. The fourth-order valence-corrected chi connectivity index (χ4v) is 0.804. The highest BCUT2D eigenvalue weighted by Gasteiger charge is 2.06. The average molecular weight is 173 g/mol. The summed E-state index contributed by atoms with van der Waals surface area (Å²) < 4.78 is 0. The van der Waals surface area contributed by atoms with Gasteiger partial charge in [0.1, 0.15) is 0 Å². The third-order valence-corrected chi connectivity index (χ3v) is 1.68. The minimum Gasteiger partial charge on any atom is -0.321 e. The zero-order valence-electron chi connectivity index (χ0n) is 7.00. The van der Waals surface area contributed by atoms with Crippen molar-refractivity contribution in [2.45, 2.75) is 32.7 Å². The third-order valence-electron chi connectivity index (χ3n) is 1.35. The van der Waals surface area contributed by atoms with Gasteiger partial charge in [0, 0.05) is 0 Å². The maximum Gasteiger partial charge on any atom is 0.202 e. The molecule has 0 aliphatic rings. The van der Waals surface area contributed by atoms with Gasteiger partial charge < -0.3 is 5.73 Å². The predicted octanol–water partition coefficient (Wildman–Crippen LogP) is 1.52. The lowest BCUT2D eigenvalue weighted by Gasteiger charge is -2.03. The lowest BCUT2D eigenvalue weighted by Crippen LogP contribution is -2.26. The van der Waals surface area contributed by atoms with E-state index in [1.165, 1.54) is 5.57 Å². The lowest BCUT2D eigenvalue weighted by atomic mass is 10.1. The van der Waals surface area contributed by atoms with Crippen LogP contribution in [-0.4, -0.2) is 11.2 Å². The second-order valence-corrected chi connectivity index (χ2v) is 3.24. The van der Waals surface area contributed by atoms with E-state index >= 15 is 0 Å². The highest BCUT2D eigenvalue weighted by molar-refractivity contribution is 7.96. The fourth-order valence-electron chi connectivity index (χ4n) is 0.675. The monoisotopic (exact) mass is 173 g/mol. The molecule has 0 aromatic rings. The number of rotatable bonds is 4. The molecule has 1 unspecified atom stereocenters. The molecule has 0 aromatic heterocycles. The van der Waals surface area contributed by atoms with Crippen molar-refractivity contribution in [2.75, 3.05) is 0 Å². The van der Waals surface area contributed by atoms with Crippen LogP contribution in [-0.2, 0) is 4.79 Å². The summed E-state index contributed by atoms with van der Waals surface area (Å²) in [6.07, 6.45) is 3.61. The average Bonchev–Trinajstić information content (AvgIpc) is 1.86. The number of hydrogen-bond donors (Lipinski definition) is 2. The zero-order valence-corrected chi connectivity index (χ0v) is 7.90. The molecule has 0 fully saturated rings. The molecule has 0 aliphatic heterocycles. The van der Waals surface area contributed by atoms with Crippen LogP contribution in [0.5, 0.6) is 0 Å². The molecule has 0 rings (SSSR count). The maximum absolute atomic E-state index is 10.5. The maximum atomic E-state index is 10.5. The van der Waals surface area contributed by atoms with Crippen molar-refractivity contribution in [3.05, 3.63) is 11.6 Å². The van der Waals surface area contributed by atoms with Crippen LogP contribution >= 0.6 is 12.6 Å². The Kier molecular flexibility index (Phi) is 5.24. The second kappa shape index (κ2) is 5.38. The first kappa shape index (κ1) is 10.7. The Balaban J connectivity index is 3.55. The van der Waals surface area contributed by atoms with Crippen molar-refractivity contribution in [3.8, 4) is 0 Å². The Bertz CT molecular complexity index is 161. The minimum atomic E-state index is -0.408. The number of hydrogen-bond acceptors (Lipinski definition) is 2. The molecule has 0 aliphatic carbocycles. The molecule has 1 atom stereocenters. The summed E-state index contributed by atoms with van der Waals surface area (Å²) in [5.74, 6) is 0. The van der Waals surface area contributed by atoms with Crippen LogP contribution < -0.4 is 5.73 Å². The van der Waals surface area contributed by atoms with Crippen LogP contribution in [0.3, 0.4) is 0 Å². The molecular formula is C8H15NOS. The van der Waals surface area contributed by atoms with Crippen LogP contribution in [0.4, 0.5) is 0 Å². The van der Waals surface area contributed by atoms with E-state index < -0.39 is 6.04 Å².